The van der Waals surface area contributed by atoms with Crippen molar-refractivity contribution >= 4 is 27.3 Å². The predicted molar refractivity (Wildman–Crippen MR) is 78.6 cm³/mol. The molecule has 0 aliphatic rings. The molecular weight excluding hydrogens is 355 g/mol. The van der Waals surface area contributed by atoms with Crippen LogP contribution in [0.3, 0.4) is 0 Å². The average molecular weight is 372 g/mol. The predicted octanol–water partition coefficient (Wildman–Crippen LogP) is 4.58. The molecule has 1 rings (SSSR count). The van der Waals surface area contributed by atoms with Gasteiger partial charge < -0.3 is 4.55 Å². The van der Waals surface area contributed by atoms with Crippen LogP contribution in [0.2, 0.25) is 0 Å². The molecule has 0 saturated heterocycles. The highest BCUT2D eigenvalue weighted by molar-refractivity contribution is 9.10. The molecule has 2 atom stereocenters. The van der Waals surface area contributed by atoms with Crippen molar-refractivity contribution in [2.75, 3.05) is 0 Å². The molecule has 0 saturated carbocycles. The lowest BCUT2D eigenvalue weighted by Crippen LogP contribution is -2.40. The van der Waals surface area contributed by atoms with Gasteiger partial charge in [-0.2, -0.15) is 13.2 Å². The van der Waals surface area contributed by atoms with Gasteiger partial charge in [-0.05, 0) is 51.5 Å². The average Bonchev–Trinajstić information content (AvgIpc) is 2.25. The van der Waals surface area contributed by atoms with E-state index in [-0.39, 0.29) is 0 Å². The standard InChI is InChI=1S/C13H17BrF3NOS/c1-8(18-20(19)12(2,3)4)9-5-10(13(15,16)17)7-11(14)6-9/h5-8,18H,1-4H3/t8-,20-/m0/s1. The molecule has 0 unspecified atom stereocenters. The van der Waals surface area contributed by atoms with Crippen LogP contribution in [0, 0.1) is 0 Å². The molecule has 0 aliphatic carbocycles. The minimum atomic E-state index is -4.40. The van der Waals surface area contributed by atoms with E-state index in [1.165, 1.54) is 0 Å². The van der Waals surface area contributed by atoms with E-state index in [4.69, 9.17) is 0 Å². The monoisotopic (exact) mass is 371 g/mol. The molecular formula is C13H17BrF3NOS. The summed E-state index contributed by atoms with van der Waals surface area (Å²) in [5, 5.41) is 0. The first-order valence-corrected chi connectivity index (χ1v) is 7.91. The summed E-state index contributed by atoms with van der Waals surface area (Å²) in [5.74, 6) is 0. The molecule has 2 nitrogen and oxygen atoms in total. The first kappa shape index (κ1) is 17.8. The van der Waals surface area contributed by atoms with Gasteiger partial charge in [0.1, 0.15) is 4.75 Å². The minimum absolute atomic E-state index is 0.345. The van der Waals surface area contributed by atoms with E-state index < -0.39 is 33.9 Å². The molecule has 114 valence electrons. The number of alkyl halides is 3. The zero-order chi connectivity index (χ0) is 15.7. The van der Waals surface area contributed by atoms with Crippen LogP contribution in [0.4, 0.5) is 13.2 Å². The van der Waals surface area contributed by atoms with Crippen LogP contribution in [0.1, 0.15) is 44.9 Å². The fourth-order valence-electron chi connectivity index (χ4n) is 1.43. The molecule has 1 N–H and O–H groups in total. The molecule has 0 heterocycles. The largest absolute Gasteiger partial charge is 0.598 e. The van der Waals surface area contributed by atoms with Crippen LogP contribution in [0.25, 0.3) is 0 Å². The van der Waals surface area contributed by atoms with E-state index in [0.717, 1.165) is 12.1 Å². The first-order chi connectivity index (χ1) is 8.91. The highest BCUT2D eigenvalue weighted by Crippen LogP contribution is 2.33. The van der Waals surface area contributed by atoms with Crippen molar-refractivity contribution in [2.24, 2.45) is 0 Å². The van der Waals surface area contributed by atoms with Gasteiger partial charge in [-0.15, -0.1) is 4.72 Å². The third-order valence-electron chi connectivity index (χ3n) is 2.59. The topological polar surface area (TPSA) is 35.1 Å². The van der Waals surface area contributed by atoms with Crippen molar-refractivity contribution in [3.63, 3.8) is 0 Å². The third kappa shape index (κ3) is 4.95. The molecule has 1 aromatic rings. The molecule has 0 spiro atoms. The van der Waals surface area contributed by atoms with Crippen LogP contribution in [0.5, 0.6) is 0 Å². The van der Waals surface area contributed by atoms with E-state index in [2.05, 4.69) is 20.7 Å². The smallest absolute Gasteiger partial charge is 0.416 e. The van der Waals surface area contributed by atoms with Crippen LogP contribution in [-0.4, -0.2) is 9.30 Å². The maximum absolute atomic E-state index is 12.8. The Morgan fingerprint density at radius 1 is 1.20 bits per heavy atom. The quantitative estimate of drug-likeness (QED) is 0.789. The van der Waals surface area contributed by atoms with Gasteiger partial charge in [0.05, 0.1) is 11.6 Å². The zero-order valence-corrected chi connectivity index (χ0v) is 14.0. The van der Waals surface area contributed by atoms with Gasteiger partial charge in [0.25, 0.3) is 0 Å². The molecule has 0 fully saturated rings. The SMILES string of the molecule is C[C@H](N[S@@+]([O-])C(C)(C)C)c1cc(Br)cc(C(F)(F)F)c1. The Bertz CT molecular complexity index is 474. The molecule has 0 amide bonds. The van der Waals surface area contributed by atoms with Crippen LogP contribution < -0.4 is 4.72 Å². The van der Waals surface area contributed by atoms with Gasteiger partial charge in [-0.3, -0.25) is 0 Å². The number of nitrogens with one attached hydrogen (secondary N) is 1. The van der Waals surface area contributed by atoms with Gasteiger partial charge in [0, 0.05) is 15.8 Å². The Labute approximate surface area is 128 Å². The lowest BCUT2D eigenvalue weighted by atomic mass is 10.1. The second kappa shape index (κ2) is 6.25. The Kier molecular flexibility index (Phi) is 5.57. The number of benzene rings is 1. The van der Waals surface area contributed by atoms with E-state index in [1.54, 1.807) is 33.8 Å². The Hall–Kier alpha value is -0.240. The number of rotatable bonds is 3. The Morgan fingerprint density at radius 2 is 1.75 bits per heavy atom. The van der Waals surface area contributed by atoms with Crippen LogP contribution in [0.15, 0.2) is 22.7 Å². The first-order valence-electron chi connectivity index (χ1n) is 5.97. The van der Waals surface area contributed by atoms with Gasteiger partial charge in [-0.25, -0.2) is 0 Å². The molecule has 0 bridgehead atoms. The molecule has 0 aliphatic heterocycles. The second-order valence-corrected chi connectivity index (χ2v) is 8.41. The fourth-order valence-corrected chi connectivity index (χ4v) is 2.75. The van der Waals surface area contributed by atoms with Crippen molar-refractivity contribution in [2.45, 2.75) is 44.7 Å². The maximum Gasteiger partial charge on any atom is 0.416 e. The van der Waals surface area contributed by atoms with Crippen molar-refractivity contribution in [3.05, 3.63) is 33.8 Å². The summed E-state index contributed by atoms with van der Waals surface area (Å²) in [7, 11) is 0. The molecule has 0 aromatic heterocycles. The summed E-state index contributed by atoms with van der Waals surface area (Å²) in [4.78, 5) is 0. The highest BCUT2D eigenvalue weighted by atomic mass is 79.9. The van der Waals surface area contributed by atoms with Crippen LogP contribution in [-0.2, 0) is 17.5 Å². The van der Waals surface area contributed by atoms with Crippen molar-refractivity contribution < 1.29 is 17.7 Å². The van der Waals surface area contributed by atoms with E-state index in [9.17, 15) is 17.7 Å². The van der Waals surface area contributed by atoms with Crippen molar-refractivity contribution in [3.8, 4) is 0 Å². The summed E-state index contributed by atoms with van der Waals surface area (Å²) in [6, 6.07) is 3.24. The van der Waals surface area contributed by atoms with E-state index in [1.807, 2.05) is 0 Å². The second-order valence-electron chi connectivity index (χ2n) is 5.49. The Morgan fingerprint density at radius 3 is 2.20 bits per heavy atom. The molecule has 7 heteroatoms. The molecule has 0 radical (unpaired) electrons. The van der Waals surface area contributed by atoms with E-state index in [0.29, 0.717) is 10.0 Å². The molecule has 20 heavy (non-hydrogen) atoms. The van der Waals surface area contributed by atoms with Gasteiger partial charge in [0.15, 0.2) is 0 Å². The summed E-state index contributed by atoms with van der Waals surface area (Å²) in [6.07, 6.45) is -4.40. The van der Waals surface area contributed by atoms with Crippen molar-refractivity contribution in [1.29, 1.82) is 0 Å². The maximum atomic E-state index is 12.8. The normalized spacial score (nSPS) is 16.1. The van der Waals surface area contributed by atoms with Crippen LogP contribution >= 0.6 is 15.9 Å². The summed E-state index contributed by atoms with van der Waals surface area (Å²) >= 11 is 1.73. The van der Waals surface area contributed by atoms with E-state index >= 15 is 0 Å². The molecule has 1 aromatic carbocycles. The third-order valence-corrected chi connectivity index (χ3v) is 4.73. The number of hydrogen-bond donors (Lipinski definition) is 1. The number of halogens is 4. The van der Waals surface area contributed by atoms with Crippen molar-refractivity contribution in [1.82, 2.24) is 4.72 Å². The summed E-state index contributed by atoms with van der Waals surface area (Å²) < 4.78 is 53.0. The summed E-state index contributed by atoms with van der Waals surface area (Å²) in [6.45, 7) is 7.08. The fraction of sp³-hybridized carbons (Fsp3) is 0.538. The number of hydrogen-bond acceptors (Lipinski definition) is 2. The Balaban J connectivity index is 2.99. The lowest BCUT2D eigenvalue weighted by Gasteiger charge is -2.26. The minimum Gasteiger partial charge on any atom is -0.598 e. The lowest BCUT2D eigenvalue weighted by molar-refractivity contribution is -0.137. The van der Waals surface area contributed by atoms with Gasteiger partial charge in [-0.1, -0.05) is 15.9 Å². The van der Waals surface area contributed by atoms with Gasteiger partial charge >= 0.3 is 6.18 Å². The van der Waals surface area contributed by atoms with Gasteiger partial charge in [0.2, 0.25) is 0 Å². The highest BCUT2D eigenvalue weighted by Gasteiger charge is 2.32. The zero-order valence-electron chi connectivity index (χ0n) is 11.6. The summed E-state index contributed by atoms with van der Waals surface area (Å²) in [5.41, 5.74) is -0.290.